The van der Waals surface area contributed by atoms with Gasteiger partial charge in [-0.15, -0.1) is 4.68 Å². The number of nitrogens with zero attached hydrogens (tertiary/aromatic N) is 4. The molecule has 5 heteroatoms. The molecule has 0 fully saturated rings. The van der Waals surface area contributed by atoms with Crippen LogP contribution in [0.4, 0.5) is 0 Å². The van der Waals surface area contributed by atoms with Crippen molar-refractivity contribution < 1.29 is 9.77 Å². The van der Waals surface area contributed by atoms with Crippen LogP contribution in [0.1, 0.15) is 11.4 Å². The topological polar surface area (TPSA) is 54.3 Å². The predicted octanol–water partition coefficient (Wildman–Crippen LogP) is 0.564. The van der Waals surface area contributed by atoms with Crippen LogP contribution in [-0.2, 0) is 13.6 Å². The molecule has 82 valence electrons. The van der Waals surface area contributed by atoms with Crippen molar-refractivity contribution in [3.05, 3.63) is 48.0 Å². The molecule has 0 spiro atoms. The molecule has 0 saturated carbocycles. The molecule has 0 amide bonds. The van der Waals surface area contributed by atoms with Crippen LogP contribution in [0.5, 0.6) is 0 Å². The SMILES string of the molecule is C[n+]1cn(Cc2ccccc2)nc1/C=N\O. The van der Waals surface area contributed by atoms with Gasteiger partial charge in [-0.2, -0.15) is 0 Å². The molecule has 0 unspecified atom stereocenters. The van der Waals surface area contributed by atoms with Crippen LogP contribution in [0, 0.1) is 0 Å². The van der Waals surface area contributed by atoms with Gasteiger partial charge < -0.3 is 5.21 Å². The van der Waals surface area contributed by atoms with Crippen LogP contribution in [0.25, 0.3) is 0 Å². The van der Waals surface area contributed by atoms with Gasteiger partial charge >= 0.3 is 5.82 Å². The third-order valence-corrected chi connectivity index (χ3v) is 2.26. The van der Waals surface area contributed by atoms with Crippen LogP contribution >= 0.6 is 0 Å². The Morgan fingerprint density at radius 2 is 2.19 bits per heavy atom. The first-order valence-electron chi connectivity index (χ1n) is 4.94. The summed E-state index contributed by atoms with van der Waals surface area (Å²) in [6, 6.07) is 10.1. The molecule has 1 aromatic heterocycles. The Morgan fingerprint density at radius 1 is 1.44 bits per heavy atom. The average Bonchev–Trinajstić information content (AvgIpc) is 2.61. The van der Waals surface area contributed by atoms with Crippen molar-refractivity contribution in [2.24, 2.45) is 12.2 Å². The molecular weight excluding hydrogens is 204 g/mol. The van der Waals surface area contributed by atoms with E-state index in [1.165, 1.54) is 11.8 Å². The van der Waals surface area contributed by atoms with Gasteiger partial charge in [-0.05, 0) is 5.56 Å². The zero-order chi connectivity index (χ0) is 11.4. The second-order valence-electron chi connectivity index (χ2n) is 3.51. The van der Waals surface area contributed by atoms with E-state index in [0.717, 1.165) is 0 Å². The van der Waals surface area contributed by atoms with Crippen molar-refractivity contribution in [2.75, 3.05) is 0 Å². The van der Waals surface area contributed by atoms with E-state index in [9.17, 15) is 0 Å². The summed E-state index contributed by atoms with van der Waals surface area (Å²) in [6.07, 6.45) is 3.16. The molecule has 2 rings (SSSR count). The molecule has 0 atom stereocenters. The summed E-state index contributed by atoms with van der Waals surface area (Å²) in [5.74, 6) is 0.610. The highest BCUT2D eigenvalue weighted by Crippen LogP contribution is 2.00. The molecule has 5 nitrogen and oxygen atoms in total. The predicted molar refractivity (Wildman–Crippen MR) is 58.3 cm³/mol. The van der Waals surface area contributed by atoms with Crippen molar-refractivity contribution >= 4 is 6.21 Å². The Bertz CT molecular complexity index is 490. The standard InChI is InChI=1S/C11H12N4O/c1-14-9-15(13-11(14)7-12-16)8-10-5-3-2-4-6-10/h2-7,9H,8H2,1H3/p+1/b12-7-. The van der Waals surface area contributed by atoms with Crippen molar-refractivity contribution in [3.63, 3.8) is 0 Å². The Morgan fingerprint density at radius 3 is 2.88 bits per heavy atom. The fourth-order valence-corrected chi connectivity index (χ4v) is 1.50. The van der Waals surface area contributed by atoms with Crippen molar-refractivity contribution in [1.29, 1.82) is 0 Å². The zero-order valence-corrected chi connectivity index (χ0v) is 8.98. The van der Waals surface area contributed by atoms with E-state index in [1.54, 1.807) is 9.25 Å². The van der Waals surface area contributed by atoms with Crippen LogP contribution < -0.4 is 4.57 Å². The first-order chi connectivity index (χ1) is 7.79. The van der Waals surface area contributed by atoms with E-state index >= 15 is 0 Å². The highest BCUT2D eigenvalue weighted by molar-refractivity contribution is 5.71. The molecule has 1 N–H and O–H groups in total. The first kappa shape index (κ1) is 10.4. The van der Waals surface area contributed by atoms with Gasteiger partial charge in [0, 0.05) is 5.10 Å². The van der Waals surface area contributed by atoms with Gasteiger partial charge in [0.15, 0.2) is 0 Å². The summed E-state index contributed by atoms with van der Waals surface area (Å²) in [5.41, 5.74) is 1.18. The lowest BCUT2D eigenvalue weighted by atomic mass is 10.2. The molecule has 0 aliphatic heterocycles. The van der Waals surface area contributed by atoms with Crippen LogP contribution in [0.15, 0.2) is 41.8 Å². The van der Waals surface area contributed by atoms with E-state index in [0.29, 0.717) is 12.4 Å². The number of aromatic nitrogens is 3. The summed E-state index contributed by atoms with van der Waals surface area (Å²) >= 11 is 0. The van der Waals surface area contributed by atoms with Gasteiger partial charge in [0.05, 0.1) is 7.05 Å². The Hall–Kier alpha value is -2.17. The molecule has 16 heavy (non-hydrogen) atoms. The number of hydrogen-bond donors (Lipinski definition) is 1. The summed E-state index contributed by atoms with van der Waals surface area (Å²) in [6.45, 7) is 0.702. The van der Waals surface area contributed by atoms with E-state index in [2.05, 4.69) is 10.3 Å². The minimum Gasteiger partial charge on any atom is -0.411 e. The molecule has 0 saturated heterocycles. The van der Waals surface area contributed by atoms with Gasteiger partial charge in [-0.3, -0.25) is 0 Å². The lowest BCUT2D eigenvalue weighted by Gasteiger charge is -1.93. The molecule has 1 aromatic carbocycles. The molecule has 2 aromatic rings. The Labute approximate surface area is 93.3 Å². The highest BCUT2D eigenvalue weighted by Gasteiger charge is 2.11. The van der Waals surface area contributed by atoms with Gasteiger partial charge in [0.25, 0.3) is 0 Å². The van der Waals surface area contributed by atoms with Crippen LogP contribution in [0.3, 0.4) is 0 Å². The molecule has 1 heterocycles. The maximum absolute atomic E-state index is 8.45. The first-order valence-corrected chi connectivity index (χ1v) is 4.94. The van der Waals surface area contributed by atoms with E-state index < -0.39 is 0 Å². The third-order valence-electron chi connectivity index (χ3n) is 2.26. The van der Waals surface area contributed by atoms with E-state index in [1.807, 2.05) is 43.7 Å². The minimum atomic E-state index is 0.610. The monoisotopic (exact) mass is 217 g/mol. The summed E-state index contributed by atoms with van der Waals surface area (Å²) in [7, 11) is 1.85. The quantitative estimate of drug-likeness (QED) is 0.353. The number of hydrogen-bond acceptors (Lipinski definition) is 3. The Kier molecular flexibility index (Phi) is 2.95. The van der Waals surface area contributed by atoms with Gasteiger partial charge in [-0.25, -0.2) is 4.57 Å². The number of benzene rings is 1. The number of oxime groups is 1. The highest BCUT2D eigenvalue weighted by atomic mass is 16.4. The van der Waals surface area contributed by atoms with Crippen molar-refractivity contribution in [2.45, 2.75) is 6.54 Å². The average molecular weight is 217 g/mol. The summed E-state index contributed by atoms with van der Waals surface area (Å²) < 4.78 is 3.59. The van der Waals surface area contributed by atoms with Crippen molar-refractivity contribution in [3.8, 4) is 0 Å². The zero-order valence-electron chi connectivity index (χ0n) is 8.98. The van der Waals surface area contributed by atoms with Crippen molar-refractivity contribution in [1.82, 2.24) is 9.78 Å². The van der Waals surface area contributed by atoms with Crippen LogP contribution in [-0.4, -0.2) is 21.2 Å². The molecule has 0 radical (unpaired) electrons. The molecule has 0 aliphatic rings. The Balaban J connectivity index is 2.20. The summed E-state index contributed by atoms with van der Waals surface area (Å²) in [5, 5.41) is 15.7. The second-order valence-corrected chi connectivity index (χ2v) is 3.51. The molecule has 0 bridgehead atoms. The van der Waals surface area contributed by atoms with Crippen LogP contribution in [0.2, 0.25) is 0 Å². The maximum atomic E-state index is 8.45. The van der Waals surface area contributed by atoms with Gasteiger partial charge in [0.2, 0.25) is 6.33 Å². The normalized spacial score (nSPS) is 11.1. The largest absolute Gasteiger partial charge is 0.411 e. The second kappa shape index (κ2) is 4.57. The summed E-state index contributed by atoms with van der Waals surface area (Å²) in [4.78, 5) is 0. The smallest absolute Gasteiger partial charge is 0.323 e. The molecular formula is C11H13N4O+. The maximum Gasteiger partial charge on any atom is 0.323 e. The fourth-order valence-electron chi connectivity index (χ4n) is 1.50. The van der Waals surface area contributed by atoms with E-state index in [4.69, 9.17) is 5.21 Å². The van der Waals surface area contributed by atoms with E-state index in [-0.39, 0.29) is 0 Å². The third kappa shape index (κ3) is 2.25. The number of rotatable bonds is 3. The molecule has 0 aliphatic carbocycles. The minimum absolute atomic E-state index is 0.610. The number of aryl methyl sites for hydroxylation is 1. The van der Waals surface area contributed by atoms with Gasteiger partial charge in [0.1, 0.15) is 12.8 Å². The lowest BCUT2D eigenvalue weighted by molar-refractivity contribution is -0.673. The fraction of sp³-hybridized carbons (Fsp3) is 0.182. The lowest BCUT2D eigenvalue weighted by Crippen LogP contribution is -2.30. The van der Waals surface area contributed by atoms with Gasteiger partial charge in [-0.1, -0.05) is 35.5 Å².